The molecule has 24 heavy (non-hydrogen) atoms. The van der Waals surface area contributed by atoms with E-state index in [0.29, 0.717) is 25.3 Å². The zero-order valence-electron chi connectivity index (χ0n) is 13.7. The Labute approximate surface area is 142 Å². The van der Waals surface area contributed by atoms with E-state index in [1.165, 1.54) is 5.56 Å². The van der Waals surface area contributed by atoms with Gasteiger partial charge in [-0.1, -0.05) is 60.7 Å². The molecule has 0 bridgehead atoms. The van der Waals surface area contributed by atoms with Crippen LogP contribution < -0.4 is 0 Å². The van der Waals surface area contributed by atoms with Gasteiger partial charge in [-0.25, -0.2) is 0 Å². The highest BCUT2D eigenvalue weighted by atomic mass is 16.5. The van der Waals surface area contributed by atoms with E-state index in [9.17, 15) is 9.90 Å². The van der Waals surface area contributed by atoms with Gasteiger partial charge in [-0.2, -0.15) is 0 Å². The molecule has 1 heterocycles. The maximum absolute atomic E-state index is 12.9. The summed E-state index contributed by atoms with van der Waals surface area (Å²) >= 11 is 0. The number of ether oxygens (including phenoxy) is 1. The molecule has 2 atom stereocenters. The molecule has 0 aromatic heterocycles. The summed E-state index contributed by atoms with van der Waals surface area (Å²) in [6.07, 6.45) is 0.467. The predicted octanol–water partition coefficient (Wildman–Crippen LogP) is 2.58. The fraction of sp³-hybridized carbons (Fsp3) is 0.350. The molecule has 4 heteroatoms. The molecule has 1 N–H and O–H groups in total. The third-order valence-electron chi connectivity index (χ3n) is 4.46. The maximum Gasteiger partial charge on any atom is 0.256 e. The number of nitrogens with zero attached hydrogens (tertiary/aromatic N) is 1. The van der Waals surface area contributed by atoms with Crippen molar-refractivity contribution in [2.45, 2.75) is 25.0 Å². The van der Waals surface area contributed by atoms with Gasteiger partial charge in [0.2, 0.25) is 0 Å². The summed E-state index contributed by atoms with van der Waals surface area (Å²) in [6.45, 7) is 1.80. The highest BCUT2D eigenvalue weighted by molar-refractivity contribution is 5.82. The van der Waals surface area contributed by atoms with Crippen LogP contribution in [0.4, 0.5) is 0 Å². The minimum atomic E-state index is -1.12. The van der Waals surface area contributed by atoms with Crippen molar-refractivity contribution in [3.05, 3.63) is 71.8 Å². The second kappa shape index (κ2) is 8.08. The van der Waals surface area contributed by atoms with E-state index < -0.39 is 6.10 Å². The van der Waals surface area contributed by atoms with Gasteiger partial charge in [-0.3, -0.25) is 4.79 Å². The molecule has 2 aromatic rings. The van der Waals surface area contributed by atoms with Gasteiger partial charge in [0, 0.05) is 13.2 Å². The van der Waals surface area contributed by atoms with Crippen LogP contribution in [0.5, 0.6) is 0 Å². The van der Waals surface area contributed by atoms with Crippen LogP contribution in [-0.4, -0.2) is 41.7 Å². The summed E-state index contributed by atoms with van der Waals surface area (Å²) in [4.78, 5) is 14.7. The van der Waals surface area contributed by atoms with Gasteiger partial charge in [-0.05, 0) is 24.0 Å². The molecule has 1 amide bonds. The topological polar surface area (TPSA) is 49.8 Å². The molecule has 1 saturated heterocycles. The Morgan fingerprint density at radius 3 is 2.42 bits per heavy atom. The third-order valence-corrected chi connectivity index (χ3v) is 4.46. The van der Waals surface area contributed by atoms with Gasteiger partial charge in [0.25, 0.3) is 5.91 Å². The number of amides is 1. The van der Waals surface area contributed by atoms with E-state index in [-0.39, 0.29) is 11.9 Å². The average Bonchev–Trinajstić information content (AvgIpc) is 3.17. The van der Waals surface area contributed by atoms with Gasteiger partial charge in [0.1, 0.15) is 0 Å². The number of hydrogen-bond donors (Lipinski definition) is 1. The van der Waals surface area contributed by atoms with Gasteiger partial charge in [-0.15, -0.1) is 0 Å². The molecule has 0 spiro atoms. The molecular formula is C20H23NO3. The van der Waals surface area contributed by atoms with Crippen LogP contribution in [0.2, 0.25) is 0 Å². The van der Waals surface area contributed by atoms with E-state index in [4.69, 9.17) is 4.74 Å². The first-order valence-electron chi connectivity index (χ1n) is 8.41. The molecule has 4 nitrogen and oxygen atoms in total. The van der Waals surface area contributed by atoms with Crippen molar-refractivity contribution in [2.24, 2.45) is 0 Å². The van der Waals surface area contributed by atoms with E-state index in [0.717, 1.165) is 12.8 Å². The molecule has 126 valence electrons. The summed E-state index contributed by atoms with van der Waals surface area (Å²) in [6, 6.07) is 19.2. The normalized spacial score (nSPS) is 18.3. The first kappa shape index (κ1) is 16.7. The van der Waals surface area contributed by atoms with Crippen LogP contribution in [0.15, 0.2) is 60.7 Å². The lowest BCUT2D eigenvalue weighted by Gasteiger charge is -2.30. The molecule has 1 aliphatic rings. The lowest BCUT2D eigenvalue weighted by molar-refractivity contribution is -0.143. The fourth-order valence-corrected chi connectivity index (χ4v) is 3.07. The summed E-state index contributed by atoms with van der Waals surface area (Å²) in [5, 5.41) is 10.5. The number of benzene rings is 2. The van der Waals surface area contributed by atoms with Gasteiger partial charge in [0.15, 0.2) is 6.10 Å². The summed E-state index contributed by atoms with van der Waals surface area (Å²) in [7, 11) is 0. The van der Waals surface area contributed by atoms with E-state index in [1.807, 2.05) is 36.4 Å². The number of aliphatic hydroxyl groups excluding tert-OH is 1. The van der Waals surface area contributed by atoms with Crippen LogP contribution in [0.1, 0.15) is 23.7 Å². The average molecular weight is 325 g/mol. The SMILES string of the molecule is O=C(C(O)c1ccccc1)N(CCc1ccccc1)C1CCOC1. The highest BCUT2D eigenvalue weighted by Gasteiger charge is 2.31. The lowest BCUT2D eigenvalue weighted by Crippen LogP contribution is -2.44. The molecule has 1 aliphatic heterocycles. The minimum Gasteiger partial charge on any atom is -0.379 e. The Morgan fingerprint density at radius 1 is 1.12 bits per heavy atom. The van der Waals surface area contributed by atoms with E-state index in [1.54, 1.807) is 17.0 Å². The lowest BCUT2D eigenvalue weighted by atomic mass is 10.1. The Hall–Kier alpha value is -2.17. The van der Waals surface area contributed by atoms with Crippen LogP contribution in [-0.2, 0) is 16.0 Å². The van der Waals surface area contributed by atoms with Crippen LogP contribution in [0.3, 0.4) is 0 Å². The second-order valence-corrected chi connectivity index (χ2v) is 6.10. The Morgan fingerprint density at radius 2 is 1.79 bits per heavy atom. The Balaban J connectivity index is 1.72. The first-order valence-corrected chi connectivity index (χ1v) is 8.41. The standard InChI is InChI=1S/C20H23NO3/c22-19(17-9-5-2-6-10-17)20(23)21(18-12-14-24-15-18)13-11-16-7-3-1-4-8-16/h1-10,18-19,22H,11-15H2. The van der Waals surface area contributed by atoms with E-state index in [2.05, 4.69) is 12.1 Å². The molecule has 2 aromatic carbocycles. The van der Waals surface area contributed by atoms with Gasteiger partial charge < -0.3 is 14.7 Å². The van der Waals surface area contributed by atoms with Crippen molar-refractivity contribution in [1.82, 2.24) is 4.90 Å². The molecule has 0 aliphatic carbocycles. The number of rotatable bonds is 6. The number of hydrogen-bond acceptors (Lipinski definition) is 3. The van der Waals surface area contributed by atoms with Gasteiger partial charge in [0.05, 0.1) is 12.6 Å². The molecule has 2 unspecified atom stereocenters. The molecule has 0 radical (unpaired) electrons. The monoisotopic (exact) mass is 325 g/mol. The van der Waals surface area contributed by atoms with E-state index >= 15 is 0 Å². The van der Waals surface area contributed by atoms with Gasteiger partial charge >= 0.3 is 0 Å². The fourth-order valence-electron chi connectivity index (χ4n) is 3.07. The van der Waals surface area contributed by atoms with Crippen LogP contribution in [0, 0.1) is 0 Å². The van der Waals surface area contributed by atoms with Crippen molar-refractivity contribution < 1.29 is 14.6 Å². The van der Waals surface area contributed by atoms with Crippen LogP contribution in [0.25, 0.3) is 0 Å². The predicted molar refractivity (Wildman–Crippen MR) is 92.5 cm³/mol. The summed E-state index contributed by atoms with van der Waals surface area (Å²) < 4.78 is 5.45. The minimum absolute atomic E-state index is 0.0413. The number of carbonyl (C=O) groups excluding carboxylic acids is 1. The summed E-state index contributed by atoms with van der Waals surface area (Å²) in [5.74, 6) is -0.243. The molecule has 1 fully saturated rings. The second-order valence-electron chi connectivity index (χ2n) is 6.10. The van der Waals surface area contributed by atoms with Crippen molar-refractivity contribution in [3.63, 3.8) is 0 Å². The highest BCUT2D eigenvalue weighted by Crippen LogP contribution is 2.21. The smallest absolute Gasteiger partial charge is 0.256 e. The third kappa shape index (κ3) is 4.02. The largest absolute Gasteiger partial charge is 0.379 e. The summed E-state index contributed by atoms with van der Waals surface area (Å²) in [5.41, 5.74) is 1.81. The molecule has 3 rings (SSSR count). The van der Waals surface area contributed by atoms with Crippen molar-refractivity contribution in [3.8, 4) is 0 Å². The van der Waals surface area contributed by atoms with Crippen molar-refractivity contribution in [1.29, 1.82) is 0 Å². The quantitative estimate of drug-likeness (QED) is 0.888. The maximum atomic E-state index is 12.9. The van der Waals surface area contributed by atoms with Crippen LogP contribution >= 0.6 is 0 Å². The zero-order chi connectivity index (χ0) is 16.8. The number of aliphatic hydroxyl groups is 1. The number of carbonyl (C=O) groups is 1. The molecule has 0 saturated carbocycles. The molecular weight excluding hydrogens is 302 g/mol. The Kier molecular flexibility index (Phi) is 5.62. The van der Waals surface area contributed by atoms with Crippen molar-refractivity contribution in [2.75, 3.05) is 19.8 Å². The van der Waals surface area contributed by atoms with Crippen molar-refractivity contribution >= 4 is 5.91 Å². The zero-order valence-corrected chi connectivity index (χ0v) is 13.7. The Bertz CT molecular complexity index is 638. The first-order chi connectivity index (χ1) is 11.8.